The monoisotopic (exact) mass is 686 g/mol. The fraction of sp³-hybridized carbons (Fsp3) is 0.455. The molecule has 1 heterocycles. The van der Waals surface area contributed by atoms with E-state index in [4.69, 9.17) is 4.37 Å². The van der Waals surface area contributed by atoms with Crippen LogP contribution in [0.2, 0.25) is 0 Å². The molecule has 5 rings (SSSR count). The zero-order valence-corrected chi connectivity index (χ0v) is 29.3. The third-order valence-corrected chi connectivity index (χ3v) is 8.84. The lowest BCUT2D eigenvalue weighted by molar-refractivity contribution is -0.870. The van der Waals surface area contributed by atoms with E-state index in [1.165, 1.54) is 95.0 Å². The Kier molecular flexibility index (Phi) is 10.1. The number of rotatable bonds is 9. The maximum absolute atomic E-state index is 4.72. The summed E-state index contributed by atoms with van der Waals surface area (Å²) < 4.78 is 11.3. The largest absolute Gasteiger partial charge is 1.00 e. The Balaban J connectivity index is 0.00000220. The lowest BCUT2D eigenvalue weighted by Crippen LogP contribution is -3.00. The van der Waals surface area contributed by atoms with Crippen molar-refractivity contribution in [2.45, 2.75) is 44.9 Å². The summed E-state index contributed by atoms with van der Waals surface area (Å²) >= 11 is 1.32. The van der Waals surface area contributed by atoms with Crippen molar-refractivity contribution in [1.29, 1.82) is 0 Å². The first kappa shape index (κ1) is 32.9. The summed E-state index contributed by atoms with van der Waals surface area (Å²) in [5.41, 5.74) is 13.0. The minimum absolute atomic E-state index is 0. The average Bonchev–Trinajstić information content (AvgIpc) is 3.41. The van der Waals surface area contributed by atoms with Crippen LogP contribution in [0, 0.1) is 13.8 Å². The van der Waals surface area contributed by atoms with Crippen molar-refractivity contribution < 1.29 is 42.9 Å². The quantitative estimate of drug-likeness (QED) is 0.248. The van der Waals surface area contributed by atoms with Gasteiger partial charge in [-0.3, -0.25) is 0 Å². The minimum Gasteiger partial charge on any atom is -1.00 e. The molecule has 0 spiro atoms. The van der Waals surface area contributed by atoms with E-state index in [0.29, 0.717) is 0 Å². The molecule has 1 aliphatic carbocycles. The summed E-state index contributed by atoms with van der Waals surface area (Å²) in [6.07, 6.45) is 4.76. The van der Waals surface area contributed by atoms with E-state index in [2.05, 4.69) is 109 Å². The Morgan fingerprint density at radius 2 is 1.18 bits per heavy atom. The molecule has 216 valence electrons. The molecule has 0 unspecified atom stereocenters. The second-order valence-corrected chi connectivity index (χ2v) is 14.0. The molecule has 0 saturated carbocycles. The molecule has 0 saturated heterocycles. The number of quaternary nitrogens is 2. The highest BCUT2D eigenvalue weighted by atomic mass is 79.9. The van der Waals surface area contributed by atoms with Crippen LogP contribution in [-0.2, 0) is 5.41 Å². The van der Waals surface area contributed by atoms with Crippen molar-refractivity contribution in [1.82, 2.24) is 8.75 Å². The lowest BCUT2D eigenvalue weighted by Gasteiger charge is -2.35. The minimum atomic E-state index is 0. The van der Waals surface area contributed by atoms with Crippen LogP contribution >= 0.6 is 11.7 Å². The summed E-state index contributed by atoms with van der Waals surface area (Å²) in [5, 5.41) is 0. The van der Waals surface area contributed by atoms with E-state index in [9.17, 15) is 0 Å². The Hall–Kier alpha value is -1.64. The van der Waals surface area contributed by atoms with Gasteiger partial charge in [-0.2, -0.15) is 8.75 Å². The average molecular weight is 689 g/mol. The smallest absolute Gasteiger partial charge is 0.112 e. The van der Waals surface area contributed by atoms with Gasteiger partial charge in [-0.1, -0.05) is 48.0 Å². The van der Waals surface area contributed by atoms with Crippen molar-refractivity contribution in [3.8, 4) is 22.3 Å². The molecule has 0 atom stereocenters. The molecule has 3 aromatic carbocycles. The van der Waals surface area contributed by atoms with Crippen molar-refractivity contribution in [3.63, 3.8) is 0 Å². The second kappa shape index (κ2) is 12.3. The molecule has 40 heavy (non-hydrogen) atoms. The number of aromatic nitrogens is 2. The van der Waals surface area contributed by atoms with Gasteiger partial charge in [0.1, 0.15) is 11.0 Å². The first-order valence-electron chi connectivity index (χ1n) is 14.0. The normalized spacial score (nSPS) is 13.9. The third-order valence-electron chi connectivity index (χ3n) is 8.31. The number of fused-ring (bicyclic) bond motifs is 4. The SMILES string of the molecule is Cc1ccc2c(c1)C(CCC[N+](C)(C)C)(CCC[N+](C)(C)C)c1cc(-c3ccc(C)c4nsnc34)ccc1-2.[Br-].[Br-]. The molecule has 7 heteroatoms. The second-order valence-electron chi connectivity index (χ2n) is 13.5. The van der Waals surface area contributed by atoms with Gasteiger partial charge < -0.3 is 42.9 Å². The topological polar surface area (TPSA) is 25.8 Å². The number of hydrogen-bond acceptors (Lipinski definition) is 3. The van der Waals surface area contributed by atoms with E-state index in [-0.39, 0.29) is 39.4 Å². The van der Waals surface area contributed by atoms with Crippen LogP contribution in [0.5, 0.6) is 0 Å². The molecule has 0 radical (unpaired) electrons. The Morgan fingerprint density at radius 3 is 1.77 bits per heavy atom. The zero-order chi connectivity index (χ0) is 27.3. The number of benzene rings is 3. The predicted octanol–water partition coefficient (Wildman–Crippen LogP) is 1.22. The van der Waals surface area contributed by atoms with Gasteiger partial charge in [0, 0.05) is 11.0 Å². The van der Waals surface area contributed by atoms with E-state index < -0.39 is 0 Å². The maximum Gasteiger partial charge on any atom is 0.112 e. The molecule has 0 bridgehead atoms. The van der Waals surface area contributed by atoms with Crippen molar-refractivity contribution in [2.24, 2.45) is 0 Å². The highest BCUT2D eigenvalue weighted by Crippen LogP contribution is 2.55. The first-order valence-corrected chi connectivity index (χ1v) is 14.7. The molecule has 0 aliphatic heterocycles. The molecule has 4 nitrogen and oxygen atoms in total. The highest BCUT2D eigenvalue weighted by molar-refractivity contribution is 7.00. The van der Waals surface area contributed by atoms with E-state index in [1.54, 1.807) is 0 Å². The summed E-state index contributed by atoms with van der Waals surface area (Å²) in [4.78, 5) is 0. The number of halogens is 2. The van der Waals surface area contributed by atoms with Crippen LogP contribution < -0.4 is 34.0 Å². The van der Waals surface area contributed by atoms with Crippen LogP contribution in [0.1, 0.15) is 47.9 Å². The van der Waals surface area contributed by atoms with Crippen LogP contribution in [0.4, 0.5) is 0 Å². The first-order chi connectivity index (χ1) is 17.9. The maximum atomic E-state index is 4.72. The molecule has 0 N–H and O–H groups in total. The van der Waals surface area contributed by atoms with Gasteiger partial charge in [-0.15, -0.1) is 0 Å². The molecular formula is C33H44Br2N4S. The Morgan fingerprint density at radius 1 is 0.650 bits per heavy atom. The molecule has 1 aliphatic rings. The molecule has 0 fully saturated rings. The fourth-order valence-electron chi connectivity index (χ4n) is 6.37. The number of nitrogens with zero attached hydrogens (tertiary/aromatic N) is 4. The van der Waals surface area contributed by atoms with Gasteiger partial charge in [-0.25, -0.2) is 0 Å². The van der Waals surface area contributed by atoms with Gasteiger partial charge in [0.2, 0.25) is 0 Å². The predicted molar refractivity (Wildman–Crippen MR) is 163 cm³/mol. The lowest BCUT2D eigenvalue weighted by atomic mass is 9.70. The van der Waals surface area contributed by atoms with Crippen LogP contribution in [0.15, 0.2) is 48.5 Å². The van der Waals surface area contributed by atoms with E-state index in [1.807, 2.05) is 0 Å². The van der Waals surface area contributed by atoms with E-state index >= 15 is 0 Å². The fourth-order valence-corrected chi connectivity index (χ4v) is 6.99. The van der Waals surface area contributed by atoms with Gasteiger partial charge in [-0.05, 0) is 79.0 Å². The van der Waals surface area contributed by atoms with E-state index in [0.717, 1.165) is 20.0 Å². The van der Waals surface area contributed by atoms with Gasteiger partial charge in [0.25, 0.3) is 0 Å². The van der Waals surface area contributed by atoms with Crippen LogP contribution in [0.25, 0.3) is 33.3 Å². The Labute approximate surface area is 266 Å². The van der Waals surface area contributed by atoms with Crippen molar-refractivity contribution >= 4 is 22.8 Å². The molecular weight excluding hydrogens is 644 g/mol. The third kappa shape index (κ3) is 6.54. The van der Waals surface area contributed by atoms with Crippen LogP contribution in [0.3, 0.4) is 0 Å². The summed E-state index contributed by atoms with van der Waals surface area (Å²) in [6, 6.07) is 18.8. The molecule has 0 amide bonds. The summed E-state index contributed by atoms with van der Waals surface area (Å²) in [6.45, 7) is 6.73. The van der Waals surface area contributed by atoms with Crippen molar-refractivity contribution in [2.75, 3.05) is 55.4 Å². The van der Waals surface area contributed by atoms with Gasteiger partial charge >= 0.3 is 0 Å². The number of aryl methyl sites for hydroxylation is 2. The standard InChI is InChI=1S/C33H44N4S.2BrH/c1-23-11-14-27-28-16-13-25(26-15-12-24(2)31-32(26)35-38-34-31)22-30(28)33(29(27)21-23,17-9-19-36(3,4)5)18-10-20-37(6,7)8;;/h11-16,21-22H,9-10,17-20H2,1-8H3;2*1H/q+2;;/p-2. The Bertz CT molecular complexity index is 1460. The van der Waals surface area contributed by atoms with Crippen LogP contribution in [-0.4, -0.2) is 73.1 Å². The summed E-state index contributed by atoms with van der Waals surface area (Å²) in [5.74, 6) is 0. The van der Waals surface area contributed by atoms with Gasteiger partial charge in [0.05, 0.1) is 67.1 Å². The molecule has 1 aromatic heterocycles. The zero-order valence-electron chi connectivity index (χ0n) is 25.3. The van der Waals surface area contributed by atoms with Crippen molar-refractivity contribution in [3.05, 3.63) is 70.8 Å². The van der Waals surface area contributed by atoms with Gasteiger partial charge in [0.15, 0.2) is 0 Å². The number of hydrogen-bond donors (Lipinski definition) is 0. The highest BCUT2D eigenvalue weighted by Gasteiger charge is 2.43. The molecule has 4 aromatic rings. The summed E-state index contributed by atoms with van der Waals surface area (Å²) in [7, 11) is 13.9.